The molecule has 0 unspecified atom stereocenters. The largest absolute Gasteiger partial charge is 0.336 e. The summed E-state index contributed by atoms with van der Waals surface area (Å²) in [6.45, 7) is 0.123. The van der Waals surface area contributed by atoms with Crippen molar-refractivity contribution in [3.63, 3.8) is 0 Å². The first kappa shape index (κ1) is 22.6. The van der Waals surface area contributed by atoms with Crippen LogP contribution in [0.1, 0.15) is 21.5 Å². The summed E-state index contributed by atoms with van der Waals surface area (Å²) in [5.41, 5.74) is 2.11. The van der Waals surface area contributed by atoms with Gasteiger partial charge in [-0.1, -0.05) is 36.1 Å². The molecule has 4 rings (SSSR count). The lowest BCUT2D eigenvalue weighted by Crippen LogP contribution is -2.50. The highest BCUT2D eigenvalue weighted by atomic mass is 32.2. The Labute approximate surface area is 191 Å². The summed E-state index contributed by atoms with van der Waals surface area (Å²) < 4.78 is 54.4. The van der Waals surface area contributed by atoms with E-state index in [-0.39, 0.29) is 32.1 Å². The number of amides is 1. The van der Waals surface area contributed by atoms with Gasteiger partial charge in [0.2, 0.25) is 10.0 Å². The molecule has 1 amide bonds. The van der Waals surface area contributed by atoms with Crippen LogP contribution < -0.4 is 0 Å². The Bertz CT molecular complexity index is 1300. The first-order chi connectivity index (χ1) is 15.9. The molecule has 0 bridgehead atoms. The number of piperazine rings is 1. The zero-order valence-electron chi connectivity index (χ0n) is 17.5. The van der Waals surface area contributed by atoms with Gasteiger partial charge in [-0.05, 0) is 48.5 Å². The van der Waals surface area contributed by atoms with Crippen LogP contribution in [-0.2, 0) is 10.0 Å². The molecule has 1 saturated heterocycles. The molecule has 0 aliphatic carbocycles. The standard InChI is InChI=1S/C25H20F2N2O3S/c26-22-7-4-8-23(27)24(22)33(31,32)29-17-15-28(16-18-29)25(30)21-13-11-20(12-14-21)10-9-19-5-2-1-3-6-19/h1-8,11-14H,15-18H2. The highest BCUT2D eigenvalue weighted by Gasteiger charge is 2.34. The van der Waals surface area contributed by atoms with E-state index in [4.69, 9.17) is 0 Å². The number of hydrogen-bond donors (Lipinski definition) is 0. The smallest absolute Gasteiger partial charge is 0.253 e. The zero-order chi connectivity index (χ0) is 23.4. The monoisotopic (exact) mass is 466 g/mol. The van der Waals surface area contributed by atoms with Gasteiger partial charge < -0.3 is 4.90 Å². The summed E-state index contributed by atoms with van der Waals surface area (Å²) in [6.07, 6.45) is 0. The molecule has 5 nitrogen and oxygen atoms in total. The number of carbonyl (C=O) groups excluding carboxylic acids is 1. The fourth-order valence-corrected chi connectivity index (χ4v) is 5.07. The van der Waals surface area contributed by atoms with Gasteiger partial charge in [-0.15, -0.1) is 0 Å². The summed E-state index contributed by atoms with van der Waals surface area (Å²) in [5, 5.41) is 0. The second-order valence-corrected chi connectivity index (χ2v) is 9.32. The van der Waals surface area contributed by atoms with Crippen LogP contribution in [0.3, 0.4) is 0 Å². The number of sulfonamides is 1. The van der Waals surface area contributed by atoms with Gasteiger partial charge in [0.05, 0.1) is 0 Å². The number of carbonyl (C=O) groups is 1. The molecule has 3 aromatic carbocycles. The average Bonchev–Trinajstić information content (AvgIpc) is 2.83. The predicted octanol–water partition coefficient (Wildman–Crippen LogP) is 3.51. The minimum Gasteiger partial charge on any atom is -0.336 e. The Morgan fingerprint density at radius 2 is 1.27 bits per heavy atom. The molecule has 0 saturated carbocycles. The molecule has 168 valence electrons. The van der Waals surface area contributed by atoms with Gasteiger partial charge in [-0.2, -0.15) is 4.31 Å². The molecular formula is C25H20F2N2O3S. The van der Waals surface area contributed by atoms with E-state index in [0.29, 0.717) is 5.56 Å². The number of rotatable bonds is 3. The maximum absolute atomic E-state index is 14.0. The van der Waals surface area contributed by atoms with E-state index in [0.717, 1.165) is 33.6 Å². The fraction of sp³-hybridized carbons (Fsp3) is 0.160. The Balaban J connectivity index is 1.41. The van der Waals surface area contributed by atoms with Crippen LogP contribution in [0.2, 0.25) is 0 Å². The third-order valence-corrected chi connectivity index (χ3v) is 7.25. The van der Waals surface area contributed by atoms with Gasteiger partial charge in [-0.25, -0.2) is 17.2 Å². The van der Waals surface area contributed by atoms with Crippen molar-refractivity contribution in [3.8, 4) is 11.8 Å². The van der Waals surface area contributed by atoms with Gasteiger partial charge in [0.25, 0.3) is 5.91 Å². The van der Waals surface area contributed by atoms with Crippen molar-refractivity contribution in [1.82, 2.24) is 9.21 Å². The molecular weight excluding hydrogens is 446 g/mol. The molecule has 0 atom stereocenters. The number of hydrogen-bond acceptors (Lipinski definition) is 3. The lowest BCUT2D eigenvalue weighted by atomic mass is 10.1. The molecule has 0 spiro atoms. The topological polar surface area (TPSA) is 57.7 Å². The van der Waals surface area contributed by atoms with Crippen molar-refractivity contribution < 1.29 is 22.0 Å². The van der Waals surface area contributed by atoms with Crippen molar-refractivity contribution >= 4 is 15.9 Å². The summed E-state index contributed by atoms with van der Waals surface area (Å²) >= 11 is 0. The van der Waals surface area contributed by atoms with Gasteiger partial charge in [0.15, 0.2) is 4.90 Å². The maximum Gasteiger partial charge on any atom is 0.253 e. The highest BCUT2D eigenvalue weighted by molar-refractivity contribution is 7.89. The minimum absolute atomic E-state index is 0.0531. The highest BCUT2D eigenvalue weighted by Crippen LogP contribution is 2.24. The van der Waals surface area contributed by atoms with Crippen LogP contribution >= 0.6 is 0 Å². The van der Waals surface area contributed by atoms with Crippen LogP contribution in [-0.4, -0.2) is 49.7 Å². The second kappa shape index (κ2) is 9.53. The van der Waals surface area contributed by atoms with Crippen LogP contribution in [0.4, 0.5) is 8.78 Å². The number of benzene rings is 3. The van der Waals surface area contributed by atoms with Crippen molar-refractivity contribution in [2.45, 2.75) is 4.90 Å². The molecule has 1 heterocycles. The van der Waals surface area contributed by atoms with Crippen molar-refractivity contribution in [2.24, 2.45) is 0 Å². The van der Waals surface area contributed by atoms with E-state index >= 15 is 0 Å². The molecule has 1 fully saturated rings. The lowest BCUT2D eigenvalue weighted by molar-refractivity contribution is 0.0697. The molecule has 0 radical (unpaired) electrons. The summed E-state index contributed by atoms with van der Waals surface area (Å²) in [6, 6.07) is 19.3. The quantitative estimate of drug-likeness (QED) is 0.555. The molecule has 3 aromatic rings. The molecule has 8 heteroatoms. The third-order valence-electron chi connectivity index (χ3n) is 5.30. The Morgan fingerprint density at radius 1 is 0.727 bits per heavy atom. The van der Waals surface area contributed by atoms with E-state index in [1.807, 2.05) is 30.3 Å². The number of halogens is 2. The van der Waals surface area contributed by atoms with E-state index in [9.17, 15) is 22.0 Å². The Morgan fingerprint density at radius 3 is 1.85 bits per heavy atom. The minimum atomic E-state index is -4.34. The number of nitrogens with zero attached hydrogens (tertiary/aromatic N) is 2. The Hall–Kier alpha value is -3.54. The second-order valence-electron chi connectivity index (χ2n) is 7.44. The molecule has 0 aromatic heterocycles. The SMILES string of the molecule is O=C(c1ccc(C#Cc2ccccc2)cc1)N1CCN(S(=O)(=O)c2c(F)cccc2F)CC1. The predicted molar refractivity (Wildman–Crippen MR) is 120 cm³/mol. The lowest BCUT2D eigenvalue weighted by Gasteiger charge is -2.34. The van der Waals surface area contributed by atoms with Gasteiger partial charge in [-0.3, -0.25) is 4.79 Å². The summed E-state index contributed by atoms with van der Waals surface area (Å²) in [7, 11) is -4.34. The van der Waals surface area contributed by atoms with Crippen LogP contribution in [0.5, 0.6) is 0 Å². The zero-order valence-corrected chi connectivity index (χ0v) is 18.4. The Kier molecular flexibility index (Phi) is 6.54. The van der Waals surface area contributed by atoms with E-state index < -0.39 is 26.6 Å². The van der Waals surface area contributed by atoms with E-state index in [2.05, 4.69) is 11.8 Å². The molecule has 33 heavy (non-hydrogen) atoms. The normalized spacial score (nSPS) is 14.4. The van der Waals surface area contributed by atoms with Gasteiger partial charge >= 0.3 is 0 Å². The van der Waals surface area contributed by atoms with Crippen molar-refractivity contribution in [3.05, 3.63) is 101 Å². The first-order valence-corrected chi connectivity index (χ1v) is 11.7. The molecule has 0 N–H and O–H groups in total. The fourth-order valence-electron chi connectivity index (χ4n) is 3.53. The molecule has 1 aliphatic heterocycles. The van der Waals surface area contributed by atoms with Crippen LogP contribution in [0, 0.1) is 23.5 Å². The van der Waals surface area contributed by atoms with E-state index in [1.165, 1.54) is 4.90 Å². The maximum atomic E-state index is 14.0. The van der Waals surface area contributed by atoms with Crippen LogP contribution in [0.15, 0.2) is 77.7 Å². The van der Waals surface area contributed by atoms with Gasteiger partial charge in [0, 0.05) is 42.9 Å². The molecule has 1 aliphatic rings. The van der Waals surface area contributed by atoms with Crippen molar-refractivity contribution in [2.75, 3.05) is 26.2 Å². The van der Waals surface area contributed by atoms with Crippen LogP contribution in [0.25, 0.3) is 0 Å². The van der Waals surface area contributed by atoms with Crippen molar-refractivity contribution in [1.29, 1.82) is 0 Å². The van der Waals surface area contributed by atoms with E-state index in [1.54, 1.807) is 24.3 Å². The average molecular weight is 467 g/mol. The van der Waals surface area contributed by atoms with Gasteiger partial charge in [0.1, 0.15) is 11.6 Å². The summed E-state index contributed by atoms with van der Waals surface area (Å²) in [5.74, 6) is 3.58. The summed E-state index contributed by atoms with van der Waals surface area (Å²) in [4.78, 5) is 13.4. The first-order valence-electron chi connectivity index (χ1n) is 10.3. The third kappa shape index (κ3) is 4.95.